The fourth-order valence-corrected chi connectivity index (χ4v) is 1.89. The van der Waals surface area contributed by atoms with Gasteiger partial charge in [-0.05, 0) is 24.1 Å². The number of hydrogen-bond donors (Lipinski definition) is 2. The Labute approximate surface area is 112 Å². The second-order valence-corrected chi connectivity index (χ2v) is 4.37. The Morgan fingerprint density at radius 2 is 2.05 bits per heavy atom. The summed E-state index contributed by atoms with van der Waals surface area (Å²) in [5, 5.41) is 7.17. The summed E-state index contributed by atoms with van der Waals surface area (Å²) in [4.78, 5) is 12.1. The van der Waals surface area contributed by atoms with Crippen LogP contribution < -0.4 is 11.1 Å². The normalized spacial score (nSPS) is 10.5. The van der Waals surface area contributed by atoms with Crippen LogP contribution in [0.25, 0.3) is 0 Å². The fraction of sp³-hybridized carbons (Fsp3) is 0.286. The van der Waals surface area contributed by atoms with Crippen molar-refractivity contribution >= 4 is 11.6 Å². The van der Waals surface area contributed by atoms with Crippen LogP contribution in [0.15, 0.2) is 30.5 Å². The number of nitrogens with one attached hydrogen (secondary N) is 1. The van der Waals surface area contributed by atoms with Crippen molar-refractivity contribution in [1.82, 2.24) is 9.78 Å². The number of rotatable bonds is 4. The zero-order chi connectivity index (χ0) is 13.8. The lowest BCUT2D eigenvalue weighted by molar-refractivity contribution is 0.102. The van der Waals surface area contributed by atoms with E-state index >= 15 is 0 Å². The molecule has 1 amide bonds. The van der Waals surface area contributed by atoms with Crippen LogP contribution in [0, 0.1) is 0 Å². The van der Waals surface area contributed by atoms with Gasteiger partial charge < -0.3 is 11.1 Å². The van der Waals surface area contributed by atoms with Gasteiger partial charge in [-0.15, -0.1) is 0 Å². The van der Waals surface area contributed by atoms with Gasteiger partial charge in [0.05, 0.1) is 11.4 Å². The van der Waals surface area contributed by atoms with E-state index in [-0.39, 0.29) is 5.91 Å². The number of benzene rings is 1. The Bertz CT molecular complexity index is 572. The number of carbonyl (C=O) groups is 1. The molecular formula is C14H18N4O. The van der Waals surface area contributed by atoms with Crippen LogP contribution in [-0.2, 0) is 20.0 Å². The molecule has 0 atom stereocenters. The minimum atomic E-state index is -0.133. The lowest BCUT2D eigenvalue weighted by atomic mass is 10.1. The Kier molecular flexibility index (Phi) is 3.97. The summed E-state index contributed by atoms with van der Waals surface area (Å²) in [6, 6.07) is 7.27. The lowest BCUT2D eigenvalue weighted by Gasteiger charge is -2.05. The number of nitrogens with zero attached hydrogens (tertiary/aromatic N) is 2. The molecule has 3 N–H and O–H groups in total. The first kappa shape index (κ1) is 13.3. The number of aromatic nitrogens is 2. The van der Waals surface area contributed by atoms with Gasteiger partial charge in [0, 0.05) is 25.4 Å². The Morgan fingerprint density at radius 1 is 1.37 bits per heavy atom. The highest BCUT2D eigenvalue weighted by atomic mass is 16.1. The standard InChI is InChI=1S/C14H18N4O/c1-3-12-13(9-18(2)17-12)16-14(19)11-6-4-10(8-15)5-7-11/h4-7,9H,3,8,15H2,1-2H3,(H,16,19). The number of hydrogen-bond acceptors (Lipinski definition) is 3. The molecule has 19 heavy (non-hydrogen) atoms. The van der Waals surface area contributed by atoms with Crippen LogP contribution in [0.2, 0.25) is 0 Å². The van der Waals surface area contributed by atoms with Crippen LogP contribution in [0.5, 0.6) is 0 Å². The van der Waals surface area contributed by atoms with E-state index in [1.54, 1.807) is 16.8 Å². The van der Waals surface area contributed by atoms with Crippen molar-refractivity contribution in [3.8, 4) is 0 Å². The first-order chi connectivity index (χ1) is 9.13. The first-order valence-electron chi connectivity index (χ1n) is 6.27. The third kappa shape index (κ3) is 3.00. The van der Waals surface area contributed by atoms with E-state index in [9.17, 15) is 4.79 Å². The summed E-state index contributed by atoms with van der Waals surface area (Å²) >= 11 is 0. The number of aryl methyl sites for hydroxylation is 2. The number of carbonyl (C=O) groups excluding carboxylic acids is 1. The van der Waals surface area contributed by atoms with Gasteiger partial charge >= 0.3 is 0 Å². The van der Waals surface area contributed by atoms with Gasteiger partial charge in [0.1, 0.15) is 0 Å². The summed E-state index contributed by atoms with van der Waals surface area (Å²) in [7, 11) is 1.84. The summed E-state index contributed by atoms with van der Waals surface area (Å²) in [6.07, 6.45) is 2.59. The summed E-state index contributed by atoms with van der Waals surface area (Å²) < 4.78 is 1.70. The minimum Gasteiger partial charge on any atom is -0.326 e. The van der Waals surface area contributed by atoms with Crippen molar-refractivity contribution in [2.24, 2.45) is 12.8 Å². The van der Waals surface area contributed by atoms with Crippen molar-refractivity contribution in [2.45, 2.75) is 19.9 Å². The topological polar surface area (TPSA) is 72.9 Å². The maximum atomic E-state index is 12.1. The van der Waals surface area contributed by atoms with Gasteiger partial charge in [-0.2, -0.15) is 5.10 Å². The molecule has 5 nitrogen and oxygen atoms in total. The third-order valence-electron chi connectivity index (χ3n) is 2.94. The highest BCUT2D eigenvalue weighted by molar-refractivity contribution is 6.04. The van der Waals surface area contributed by atoms with E-state index in [0.717, 1.165) is 23.4 Å². The molecule has 1 heterocycles. The van der Waals surface area contributed by atoms with E-state index in [4.69, 9.17) is 5.73 Å². The van der Waals surface area contributed by atoms with Gasteiger partial charge in [-0.3, -0.25) is 9.48 Å². The third-order valence-corrected chi connectivity index (χ3v) is 2.94. The number of anilines is 1. The van der Waals surface area contributed by atoms with Crippen LogP contribution in [0.3, 0.4) is 0 Å². The molecule has 0 radical (unpaired) electrons. The Balaban J connectivity index is 2.15. The molecule has 0 aliphatic carbocycles. The summed E-state index contributed by atoms with van der Waals surface area (Å²) in [5.41, 5.74) is 8.79. The highest BCUT2D eigenvalue weighted by Gasteiger charge is 2.11. The molecule has 2 rings (SSSR count). The molecule has 0 saturated heterocycles. The van der Waals surface area contributed by atoms with E-state index < -0.39 is 0 Å². The smallest absolute Gasteiger partial charge is 0.255 e. The van der Waals surface area contributed by atoms with E-state index in [2.05, 4.69) is 10.4 Å². The molecule has 0 fully saturated rings. The largest absolute Gasteiger partial charge is 0.326 e. The zero-order valence-corrected chi connectivity index (χ0v) is 11.2. The molecule has 0 bridgehead atoms. The predicted octanol–water partition coefficient (Wildman–Crippen LogP) is 1.69. The molecule has 100 valence electrons. The van der Waals surface area contributed by atoms with E-state index in [1.165, 1.54) is 0 Å². The lowest BCUT2D eigenvalue weighted by Crippen LogP contribution is -2.12. The molecule has 0 aliphatic rings. The molecule has 0 saturated carbocycles. The second kappa shape index (κ2) is 5.67. The average Bonchev–Trinajstić information content (AvgIpc) is 2.78. The molecule has 1 aromatic carbocycles. The van der Waals surface area contributed by atoms with Crippen molar-refractivity contribution < 1.29 is 4.79 Å². The van der Waals surface area contributed by atoms with E-state index in [0.29, 0.717) is 12.1 Å². The molecule has 5 heteroatoms. The first-order valence-corrected chi connectivity index (χ1v) is 6.27. The quantitative estimate of drug-likeness (QED) is 0.876. The van der Waals surface area contributed by atoms with Gasteiger partial charge in [0.2, 0.25) is 0 Å². The molecule has 1 aromatic heterocycles. The highest BCUT2D eigenvalue weighted by Crippen LogP contribution is 2.15. The minimum absolute atomic E-state index is 0.133. The van der Waals surface area contributed by atoms with Crippen molar-refractivity contribution in [3.05, 3.63) is 47.3 Å². The second-order valence-electron chi connectivity index (χ2n) is 4.37. The van der Waals surface area contributed by atoms with Gasteiger partial charge in [0.25, 0.3) is 5.91 Å². The van der Waals surface area contributed by atoms with Gasteiger partial charge in [-0.1, -0.05) is 19.1 Å². The van der Waals surface area contributed by atoms with Crippen LogP contribution in [-0.4, -0.2) is 15.7 Å². The van der Waals surface area contributed by atoms with E-state index in [1.807, 2.05) is 32.3 Å². The maximum absolute atomic E-state index is 12.1. The van der Waals surface area contributed by atoms with Crippen LogP contribution >= 0.6 is 0 Å². The van der Waals surface area contributed by atoms with Crippen LogP contribution in [0.1, 0.15) is 28.5 Å². The SMILES string of the molecule is CCc1nn(C)cc1NC(=O)c1ccc(CN)cc1. The monoisotopic (exact) mass is 258 g/mol. The summed E-state index contributed by atoms with van der Waals surface area (Å²) in [6.45, 7) is 2.48. The zero-order valence-electron chi connectivity index (χ0n) is 11.2. The van der Waals surface area contributed by atoms with Crippen molar-refractivity contribution in [1.29, 1.82) is 0 Å². The number of nitrogens with two attached hydrogens (primary N) is 1. The maximum Gasteiger partial charge on any atom is 0.255 e. The molecular weight excluding hydrogens is 240 g/mol. The summed E-state index contributed by atoms with van der Waals surface area (Å²) in [5.74, 6) is -0.133. The van der Waals surface area contributed by atoms with Crippen molar-refractivity contribution in [3.63, 3.8) is 0 Å². The molecule has 0 aliphatic heterocycles. The molecule has 0 spiro atoms. The molecule has 2 aromatic rings. The number of amides is 1. The Hall–Kier alpha value is -2.14. The van der Waals surface area contributed by atoms with Gasteiger partial charge in [0.15, 0.2) is 0 Å². The Morgan fingerprint density at radius 3 is 2.63 bits per heavy atom. The van der Waals surface area contributed by atoms with Crippen LogP contribution in [0.4, 0.5) is 5.69 Å². The average molecular weight is 258 g/mol. The predicted molar refractivity (Wildman–Crippen MR) is 74.9 cm³/mol. The van der Waals surface area contributed by atoms with Crippen molar-refractivity contribution in [2.75, 3.05) is 5.32 Å². The molecule has 0 unspecified atom stereocenters. The van der Waals surface area contributed by atoms with Gasteiger partial charge in [-0.25, -0.2) is 0 Å². The fourth-order valence-electron chi connectivity index (χ4n) is 1.89.